The molecule has 6 heteroatoms. The predicted molar refractivity (Wildman–Crippen MR) is 114 cm³/mol. The molecule has 1 saturated carbocycles. The maximum Gasteiger partial charge on any atom is 0.191 e. The predicted octanol–water partition coefficient (Wildman–Crippen LogP) is 3.04. The van der Waals surface area contributed by atoms with Crippen molar-refractivity contribution < 1.29 is 4.74 Å². The normalized spacial score (nSPS) is 14.2. The standard InChI is InChI=1S/C22H33N5O/c1-15-6-9-19(21(12-15)28-14-18-7-8-18)13-25-22(23-4)24-11-10-20-16(2)26-27(5)17(20)3/h6,9,12,18H,7-8,10-11,13-14H2,1-5H3,(H2,23,24,25). The molecule has 152 valence electrons. The number of rotatable bonds is 8. The Balaban J connectivity index is 1.52. The number of ether oxygens (including phenoxy) is 1. The van der Waals surface area contributed by atoms with Crippen LogP contribution in [-0.2, 0) is 20.0 Å². The van der Waals surface area contributed by atoms with E-state index in [4.69, 9.17) is 4.74 Å². The van der Waals surface area contributed by atoms with Gasteiger partial charge in [0.25, 0.3) is 0 Å². The first kappa shape index (κ1) is 20.2. The van der Waals surface area contributed by atoms with Crippen LogP contribution in [0.5, 0.6) is 5.75 Å². The van der Waals surface area contributed by atoms with Gasteiger partial charge in [0.1, 0.15) is 5.75 Å². The smallest absolute Gasteiger partial charge is 0.191 e. The highest BCUT2D eigenvalue weighted by Crippen LogP contribution is 2.30. The molecule has 0 unspecified atom stereocenters. The van der Waals surface area contributed by atoms with E-state index in [-0.39, 0.29) is 0 Å². The molecule has 0 radical (unpaired) electrons. The summed E-state index contributed by atoms with van der Waals surface area (Å²) in [5.74, 6) is 2.53. The summed E-state index contributed by atoms with van der Waals surface area (Å²) < 4.78 is 8.01. The molecule has 1 aliphatic rings. The van der Waals surface area contributed by atoms with Crippen LogP contribution in [-0.4, -0.2) is 35.9 Å². The second-order valence-electron chi connectivity index (χ2n) is 7.74. The summed E-state index contributed by atoms with van der Waals surface area (Å²) in [5, 5.41) is 11.3. The van der Waals surface area contributed by atoms with Crippen molar-refractivity contribution in [3.05, 3.63) is 46.3 Å². The molecular formula is C22H33N5O. The fourth-order valence-corrected chi connectivity index (χ4v) is 3.32. The Morgan fingerprint density at radius 1 is 1.25 bits per heavy atom. The van der Waals surface area contributed by atoms with Crippen molar-refractivity contribution in [2.75, 3.05) is 20.2 Å². The minimum atomic E-state index is 0.685. The third-order valence-corrected chi connectivity index (χ3v) is 5.39. The first-order valence-corrected chi connectivity index (χ1v) is 10.1. The molecule has 1 aliphatic carbocycles. The van der Waals surface area contributed by atoms with Gasteiger partial charge in [-0.25, -0.2) is 0 Å². The van der Waals surface area contributed by atoms with Crippen LogP contribution in [0.1, 0.15) is 40.9 Å². The van der Waals surface area contributed by atoms with Crippen LogP contribution >= 0.6 is 0 Å². The van der Waals surface area contributed by atoms with E-state index in [1.165, 1.54) is 29.7 Å². The third-order valence-electron chi connectivity index (χ3n) is 5.39. The maximum atomic E-state index is 6.07. The number of nitrogens with one attached hydrogen (secondary N) is 2. The molecule has 2 aromatic rings. The molecule has 1 aromatic carbocycles. The molecule has 0 amide bonds. The molecular weight excluding hydrogens is 350 g/mol. The maximum absolute atomic E-state index is 6.07. The number of aliphatic imine (C=N–C) groups is 1. The lowest BCUT2D eigenvalue weighted by Gasteiger charge is -2.15. The minimum absolute atomic E-state index is 0.685. The van der Waals surface area contributed by atoms with E-state index in [2.05, 4.69) is 59.7 Å². The van der Waals surface area contributed by atoms with Gasteiger partial charge in [-0.1, -0.05) is 12.1 Å². The summed E-state index contributed by atoms with van der Waals surface area (Å²) in [4.78, 5) is 4.35. The first-order valence-electron chi connectivity index (χ1n) is 10.1. The number of aryl methyl sites for hydroxylation is 3. The molecule has 0 saturated heterocycles. The zero-order chi connectivity index (χ0) is 20.1. The number of nitrogens with zero attached hydrogens (tertiary/aromatic N) is 3. The quantitative estimate of drug-likeness (QED) is 0.543. The van der Waals surface area contributed by atoms with E-state index in [0.29, 0.717) is 6.54 Å². The SMILES string of the molecule is CN=C(NCCc1c(C)nn(C)c1C)NCc1ccc(C)cc1OCC1CC1. The molecule has 1 fully saturated rings. The largest absolute Gasteiger partial charge is 0.493 e. The van der Waals surface area contributed by atoms with Crippen LogP contribution in [0.4, 0.5) is 0 Å². The van der Waals surface area contributed by atoms with E-state index >= 15 is 0 Å². The fourth-order valence-electron chi connectivity index (χ4n) is 3.32. The molecule has 3 rings (SSSR count). The highest BCUT2D eigenvalue weighted by atomic mass is 16.5. The summed E-state index contributed by atoms with van der Waals surface area (Å²) in [6, 6.07) is 6.40. The fraction of sp³-hybridized carbons (Fsp3) is 0.545. The second kappa shape index (κ2) is 9.13. The molecule has 0 bridgehead atoms. The van der Waals surface area contributed by atoms with Gasteiger partial charge < -0.3 is 15.4 Å². The lowest BCUT2D eigenvalue weighted by atomic mass is 10.1. The van der Waals surface area contributed by atoms with Gasteiger partial charge in [-0.2, -0.15) is 5.10 Å². The number of aromatic nitrogens is 2. The Morgan fingerprint density at radius 3 is 2.68 bits per heavy atom. The van der Waals surface area contributed by atoms with Crippen LogP contribution in [0.25, 0.3) is 0 Å². The van der Waals surface area contributed by atoms with E-state index in [1.54, 1.807) is 7.05 Å². The van der Waals surface area contributed by atoms with Crippen LogP contribution in [0.15, 0.2) is 23.2 Å². The zero-order valence-electron chi connectivity index (χ0n) is 17.8. The van der Waals surface area contributed by atoms with E-state index in [9.17, 15) is 0 Å². The van der Waals surface area contributed by atoms with E-state index < -0.39 is 0 Å². The van der Waals surface area contributed by atoms with Crippen LogP contribution in [0.2, 0.25) is 0 Å². The molecule has 0 spiro atoms. The zero-order valence-corrected chi connectivity index (χ0v) is 17.8. The van der Waals surface area contributed by atoms with Crippen molar-refractivity contribution in [1.82, 2.24) is 20.4 Å². The molecule has 0 aliphatic heterocycles. The summed E-state index contributed by atoms with van der Waals surface area (Å²) in [6.07, 6.45) is 3.52. The second-order valence-corrected chi connectivity index (χ2v) is 7.74. The number of hydrogen-bond donors (Lipinski definition) is 2. The van der Waals surface area contributed by atoms with Crippen LogP contribution in [0, 0.1) is 26.7 Å². The monoisotopic (exact) mass is 383 g/mol. The Morgan fingerprint density at radius 2 is 2.04 bits per heavy atom. The minimum Gasteiger partial charge on any atom is -0.493 e. The topological polar surface area (TPSA) is 63.5 Å². The van der Waals surface area contributed by atoms with Gasteiger partial charge in [-0.05, 0) is 63.1 Å². The summed E-state index contributed by atoms with van der Waals surface area (Å²) in [5.41, 5.74) is 6.01. The van der Waals surface area contributed by atoms with E-state index in [0.717, 1.165) is 48.5 Å². The third kappa shape index (κ3) is 5.27. The van der Waals surface area contributed by atoms with Gasteiger partial charge in [0, 0.05) is 38.4 Å². The Bertz CT molecular complexity index is 836. The highest BCUT2D eigenvalue weighted by molar-refractivity contribution is 5.79. The van der Waals surface area contributed by atoms with Gasteiger partial charge >= 0.3 is 0 Å². The van der Waals surface area contributed by atoms with Gasteiger partial charge in [-0.3, -0.25) is 9.67 Å². The lowest BCUT2D eigenvalue weighted by Crippen LogP contribution is -2.38. The van der Waals surface area contributed by atoms with Crippen molar-refractivity contribution in [2.24, 2.45) is 18.0 Å². The Hall–Kier alpha value is -2.50. The van der Waals surface area contributed by atoms with Crippen molar-refractivity contribution in [3.63, 3.8) is 0 Å². The number of hydrogen-bond acceptors (Lipinski definition) is 3. The number of benzene rings is 1. The summed E-state index contributed by atoms with van der Waals surface area (Å²) in [6.45, 7) is 8.60. The van der Waals surface area contributed by atoms with Gasteiger partial charge in [0.2, 0.25) is 0 Å². The van der Waals surface area contributed by atoms with Crippen LogP contribution < -0.4 is 15.4 Å². The molecule has 1 aromatic heterocycles. The highest BCUT2D eigenvalue weighted by Gasteiger charge is 2.22. The molecule has 28 heavy (non-hydrogen) atoms. The van der Waals surface area contributed by atoms with Gasteiger partial charge in [0.05, 0.1) is 12.3 Å². The van der Waals surface area contributed by atoms with Crippen molar-refractivity contribution in [1.29, 1.82) is 0 Å². The van der Waals surface area contributed by atoms with Crippen LogP contribution in [0.3, 0.4) is 0 Å². The average Bonchev–Trinajstić information content (AvgIpc) is 3.46. The van der Waals surface area contributed by atoms with Gasteiger partial charge in [-0.15, -0.1) is 0 Å². The molecule has 6 nitrogen and oxygen atoms in total. The molecule has 0 atom stereocenters. The summed E-state index contributed by atoms with van der Waals surface area (Å²) in [7, 11) is 3.79. The van der Waals surface area contributed by atoms with Crippen molar-refractivity contribution >= 4 is 5.96 Å². The Kier molecular flexibility index (Phi) is 6.60. The average molecular weight is 384 g/mol. The molecule has 2 N–H and O–H groups in total. The summed E-state index contributed by atoms with van der Waals surface area (Å²) >= 11 is 0. The number of guanidine groups is 1. The van der Waals surface area contributed by atoms with Crippen molar-refractivity contribution in [3.8, 4) is 5.75 Å². The van der Waals surface area contributed by atoms with E-state index in [1.807, 2.05) is 11.7 Å². The molecule has 1 heterocycles. The van der Waals surface area contributed by atoms with Gasteiger partial charge in [0.15, 0.2) is 5.96 Å². The Labute approximate surface area is 168 Å². The lowest BCUT2D eigenvalue weighted by molar-refractivity contribution is 0.296. The van der Waals surface area contributed by atoms with Crippen molar-refractivity contribution in [2.45, 2.75) is 46.6 Å². The first-order chi connectivity index (χ1) is 13.5.